The van der Waals surface area contributed by atoms with Crippen molar-refractivity contribution in [3.63, 3.8) is 0 Å². The van der Waals surface area contributed by atoms with Crippen LogP contribution in [0, 0.1) is 0 Å². The summed E-state index contributed by atoms with van der Waals surface area (Å²) >= 11 is 0. The fourth-order valence-corrected chi connectivity index (χ4v) is 3.95. The molecule has 3 N–H and O–H groups in total. The summed E-state index contributed by atoms with van der Waals surface area (Å²) in [4.78, 5) is 12.3. The van der Waals surface area contributed by atoms with Crippen molar-refractivity contribution in [2.75, 3.05) is 40.0 Å². The number of carbonyl (C=O) groups is 1. The van der Waals surface area contributed by atoms with E-state index >= 15 is 0 Å². The highest BCUT2D eigenvalue weighted by Crippen LogP contribution is 2.28. The lowest BCUT2D eigenvalue weighted by Gasteiger charge is -2.27. The molecule has 1 aliphatic rings. The monoisotopic (exact) mass is 407 g/mol. The van der Waals surface area contributed by atoms with Crippen LogP contribution in [0.4, 0.5) is 0 Å². The molecule has 0 saturated carbocycles. The quantitative estimate of drug-likeness (QED) is 0.714. The third-order valence-corrected chi connectivity index (χ3v) is 5.64. The van der Waals surface area contributed by atoms with E-state index in [-0.39, 0.29) is 54.2 Å². The van der Waals surface area contributed by atoms with Crippen LogP contribution in [-0.4, -0.2) is 64.1 Å². The molecule has 0 unspecified atom stereocenters. The molecule has 1 saturated heterocycles. The zero-order valence-corrected chi connectivity index (χ0v) is 16.8. The minimum absolute atomic E-state index is 0. The molecule has 0 aromatic heterocycles. The highest BCUT2D eigenvalue weighted by molar-refractivity contribution is 7.89. The average Bonchev–Trinajstić information content (AvgIpc) is 2.59. The molecule has 8 nitrogen and oxygen atoms in total. The minimum Gasteiger partial charge on any atom is -0.495 e. The van der Waals surface area contributed by atoms with Gasteiger partial charge < -0.3 is 20.5 Å². The van der Waals surface area contributed by atoms with Gasteiger partial charge >= 0.3 is 0 Å². The third kappa shape index (κ3) is 5.55. The van der Waals surface area contributed by atoms with Crippen LogP contribution in [-0.2, 0) is 14.8 Å². The summed E-state index contributed by atoms with van der Waals surface area (Å²) in [6.07, 6.45) is 0. The van der Waals surface area contributed by atoms with Gasteiger partial charge in [0.1, 0.15) is 10.6 Å². The first kappa shape index (κ1) is 22.7. The molecule has 10 heteroatoms. The summed E-state index contributed by atoms with van der Waals surface area (Å²) in [7, 11) is -2.39. The molecule has 1 fully saturated rings. The summed E-state index contributed by atoms with van der Waals surface area (Å²) in [5, 5.41) is 2.70. The van der Waals surface area contributed by atoms with Crippen molar-refractivity contribution < 1.29 is 22.7 Å². The highest BCUT2D eigenvalue weighted by atomic mass is 35.5. The van der Waals surface area contributed by atoms with Crippen LogP contribution in [0.25, 0.3) is 0 Å². The maximum absolute atomic E-state index is 12.9. The second-order valence-electron chi connectivity index (χ2n) is 6.55. The van der Waals surface area contributed by atoms with Crippen molar-refractivity contribution in [1.82, 2.24) is 9.62 Å². The van der Waals surface area contributed by atoms with E-state index in [4.69, 9.17) is 15.2 Å². The number of ether oxygens (including phenoxy) is 2. The number of carbonyl (C=O) groups excluding carboxylic acids is 1. The molecule has 0 bridgehead atoms. The summed E-state index contributed by atoms with van der Waals surface area (Å²) in [5.41, 5.74) is 5.52. The zero-order valence-electron chi connectivity index (χ0n) is 15.1. The van der Waals surface area contributed by atoms with Gasteiger partial charge in [0.15, 0.2) is 0 Å². The molecule has 0 radical (unpaired) electrons. The van der Waals surface area contributed by atoms with Gasteiger partial charge in [-0.25, -0.2) is 8.42 Å². The Hall–Kier alpha value is -1.39. The van der Waals surface area contributed by atoms with E-state index in [0.717, 1.165) is 0 Å². The van der Waals surface area contributed by atoms with Crippen molar-refractivity contribution in [3.05, 3.63) is 23.8 Å². The summed E-state index contributed by atoms with van der Waals surface area (Å²) in [6.45, 7) is 5.06. The van der Waals surface area contributed by atoms with E-state index in [0.29, 0.717) is 13.2 Å². The SMILES string of the molecule is COc1ccc(C(=O)NCC(C)(C)N)cc1S(=O)(=O)N1CCOCC1.Cl. The number of nitrogens with two attached hydrogens (primary N) is 1. The van der Waals surface area contributed by atoms with Crippen LogP contribution in [0.1, 0.15) is 24.2 Å². The average molecular weight is 408 g/mol. The van der Waals surface area contributed by atoms with Gasteiger partial charge in [0.2, 0.25) is 10.0 Å². The van der Waals surface area contributed by atoms with Crippen LogP contribution in [0.2, 0.25) is 0 Å². The number of nitrogens with one attached hydrogen (secondary N) is 1. The highest BCUT2D eigenvalue weighted by Gasteiger charge is 2.30. The Balaban J connectivity index is 0.00000338. The van der Waals surface area contributed by atoms with Crippen LogP contribution >= 0.6 is 12.4 Å². The molecule has 0 spiro atoms. The molecule has 1 amide bonds. The molecule has 2 rings (SSSR count). The second kappa shape index (κ2) is 9.01. The Morgan fingerprint density at radius 2 is 1.96 bits per heavy atom. The van der Waals surface area contributed by atoms with E-state index in [1.54, 1.807) is 13.8 Å². The van der Waals surface area contributed by atoms with Gasteiger partial charge in [-0.05, 0) is 32.0 Å². The first-order valence-electron chi connectivity index (χ1n) is 7.98. The first-order valence-corrected chi connectivity index (χ1v) is 9.42. The number of nitrogens with zero attached hydrogens (tertiary/aromatic N) is 1. The van der Waals surface area contributed by atoms with Gasteiger partial charge in [0.05, 0.1) is 20.3 Å². The van der Waals surface area contributed by atoms with Crippen molar-refractivity contribution in [2.45, 2.75) is 24.3 Å². The Kier molecular flexibility index (Phi) is 7.85. The molecule has 0 atom stereocenters. The molecule has 1 heterocycles. The molecule has 26 heavy (non-hydrogen) atoms. The van der Waals surface area contributed by atoms with Gasteiger partial charge in [-0.15, -0.1) is 12.4 Å². The smallest absolute Gasteiger partial charge is 0.251 e. The fourth-order valence-electron chi connectivity index (χ4n) is 2.36. The predicted molar refractivity (Wildman–Crippen MR) is 100 cm³/mol. The Morgan fingerprint density at radius 3 is 2.50 bits per heavy atom. The normalized spacial score (nSPS) is 15.8. The summed E-state index contributed by atoms with van der Waals surface area (Å²) < 4.78 is 37.5. The number of benzene rings is 1. The van der Waals surface area contributed by atoms with Crippen molar-refractivity contribution in [2.24, 2.45) is 5.73 Å². The zero-order chi connectivity index (χ0) is 18.7. The number of morpholine rings is 1. The molecular formula is C16H26ClN3O5S. The lowest BCUT2D eigenvalue weighted by Crippen LogP contribution is -2.45. The van der Waals surface area contributed by atoms with Crippen molar-refractivity contribution in [3.8, 4) is 5.75 Å². The Morgan fingerprint density at radius 1 is 1.35 bits per heavy atom. The van der Waals surface area contributed by atoms with Crippen LogP contribution in [0.15, 0.2) is 23.1 Å². The van der Waals surface area contributed by atoms with E-state index in [2.05, 4.69) is 5.32 Å². The first-order chi connectivity index (χ1) is 11.6. The molecule has 148 valence electrons. The second-order valence-corrected chi connectivity index (χ2v) is 8.46. The topological polar surface area (TPSA) is 111 Å². The molecule has 1 aliphatic heterocycles. The number of methoxy groups -OCH3 is 1. The number of hydrogen-bond acceptors (Lipinski definition) is 6. The van der Waals surface area contributed by atoms with Crippen LogP contribution in [0.5, 0.6) is 5.75 Å². The number of rotatable bonds is 6. The van der Waals surface area contributed by atoms with Crippen LogP contribution < -0.4 is 15.8 Å². The lowest BCUT2D eigenvalue weighted by atomic mass is 10.1. The molecular weight excluding hydrogens is 382 g/mol. The number of halogens is 1. The number of sulfonamides is 1. The van der Waals surface area contributed by atoms with Crippen molar-refractivity contribution in [1.29, 1.82) is 0 Å². The lowest BCUT2D eigenvalue weighted by molar-refractivity contribution is 0.0729. The van der Waals surface area contributed by atoms with Gasteiger partial charge in [-0.1, -0.05) is 0 Å². The largest absolute Gasteiger partial charge is 0.495 e. The van der Waals surface area contributed by atoms with Gasteiger partial charge in [0, 0.05) is 30.7 Å². The Bertz CT molecular complexity index is 728. The third-order valence-electron chi connectivity index (χ3n) is 3.72. The van der Waals surface area contributed by atoms with Gasteiger partial charge in [-0.3, -0.25) is 4.79 Å². The van der Waals surface area contributed by atoms with Gasteiger partial charge in [-0.2, -0.15) is 4.31 Å². The molecule has 1 aromatic rings. The molecule has 0 aliphatic carbocycles. The summed E-state index contributed by atoms with van der Waals surface area (Å²) in [6, 6.07) is 4.34. The maximum Gasteiger partial charge on any atom is 0.251 e. The van der Waals surface area contributed by atoms with E-state index in [1.807, 2.05) is 0 Å². The van der Waals surface area contributed by atoms with Crippen molar-refractivity contribution >= 4 is 28.3 Å². The van der Waals surface area contributed by atoms with E-state index < -0.39 is 15.6 Å². The molecule has 1 aromatic carbocycles. The van der Waals surface area contributed by atoms with E-state index in [1.165, 1.54) is 29.6 Å². The van der Waals surface area contributed by atoms with E-state index in [9.17, 15) is 13.2 Å². The Labute approximate surface area is 160 Å². The fraction of sp³-hybridized carbons (Fsp3) is 0.562. The van der Waals surface area contributed by atoms with Crippen LogP contribution in [0.3, 0.4) is 0 Å². The minimum atomic E-state index is -3.78. The summed E-state index contributed by atoms with van der Waals surface area (Å²) in [5.74, 6) is -0.193. The maximum atomic E-state index is 12.9. The predicted octanol–water partition coefficient (Wildman–Crippen LogP) is 0.605. The van der Waals surface area contributed by atoms with Gasteiger partial charge in [0.25, 0.3) is 5.91 Å². The number of hydrogen-bond donors (Lipinski definition) is 2. The standard InChI is InChI=1S/C16H25N3O5S.ClH/c1-16(2,17)11-18-15(20)12-4-5-13(23-3)14(10-12)25(21,22)19-6-8-24-9-7-19;/h4-5,10H,6-9,11,17H2,1-3H3,(H,18,20);1H. The number of amides is 1.